The Bertz CT molecular complexity index is 870. The lowest BCUT2D eigenvalue weighted by Crippen LogP contribution is -2.77. The summed E-state index contributed by atoms with van der Waals surface area (Å²) in [5, 5.41) is 0. The maximum atomic E-state index is 13.4. The van der Waals surface area contributed by atoms with Gasteiger partial charge in [-0.1, -0.05) is 6.58 Å². The summed E-state index contributed by atoms with van der Waals surface area (Å²) < 4.78 is 311. The number of rotatable bonds is 10. The van der Waals surface area contributed by atoms with Crippen LogP contribution in [0.4, 0.5) is 105 Å². The van der Waals surface area contributed by atoms with E-state index in [1.807, 2.05) is 0 Å². The van der Waals surface area contributed by atoms with Crippen LogP contribution in [0.1, 0.15) is 0 Å². The van der Waals surface area contributed by atoms with Crippen LogP contribution in [0.2, 0.25) is 0 Å². The van der Waals surface area contributed by atoms with Gasteiger partial charge in [0.05, 0.1) is 0 Å². The zero-order chi connectivity index (χ0) is 31.1. The summed E-state index contributed by atoms with van der Waals surface area (Å²) in [6.45, 7) is 1.16. The number of alkyl halides is 23. The molecule has 0 saturated carbocycles. The first kappa shape index (κ1) is 35.1. The second-order valence-corrected chi connectivity index (χ2v) is 6.65. The van der Waals surface area contributed by atoms with E-state index in [-0.39, 0.29) is 0 Å². The van der Waals surface area contributed by atoms with Gasteiger partial charge in [-0.3, -0.25) is 0 Å². The van der Waals surface area contributed by atoms with Crippen LogP contribution in [-0.4, -0.2) is 65.4 Å². The average molecular weight is 614 g/mol. The van der Waals surface area contributed by atoms with Crippen LogP contribution in [0.3, 0.4) is 0 Å². The van der Waals surface area contributed by atoms with E-state index in [1.54, 1.807) is 0 Å². The second-order valence-electron chi connectivity index (χ2n) is 6.65. The highest BCUT2D eigenvalue weighted by atomic mass is 19.4. The molecule has 0 spiro atoms. The molecule has 0 nitrogen and oxygen atoms in total. The standard InChI is InChI=1S/C13H2F24/c1-2(14)3(15,16)4(17,18)5(19,20)6(21,22)7(23,24)8(25,26)9(27,28)10(29,30)11(31,32)12(33,34)13(35,36)37/h1H2. The molecule has 0 aliphatic rings. The molecule has 0 heterocycles. The summed E-state index contributed by atoms with van der Waals surface area (Å²) in [7, 11) is 0. The highest BCUT2D eigenvalue weighted by Gasteiger charge is 2.98. The van der Waals surface area contributed by atoms with Gasteiger partial charge in [0, 0.05) is 0 Å². The number of allylic oxidation sites excluding steroid dienone is 1. The molecule has 0 N–H and O–H groups in total. The molecule has 24 heteroatoms. The fourth-order valence-corrected chi connectivity index (χ4v) is 1.93. The van der Waals surface area contributed by atoms with Gasteiger partial charge in [0.2, 0.25) is 0 Å². The minimum Gasteiger partial charge on any atom is -0.206 e. The first-order valence-corrected chi connectivity index (χ1v) is 7.64. The first-order chi connectivity index (χ1) is 15.4. The van der Waals surface area contributed by atoms with Crippen molar-refractivity contribution in [2.45, 2.75) is 65.4 Å². The third kappa shape index (κ3) is 3.96. The van der Waals surface area contributed by atoms with Gasteiger partial charge in [0.1, 0.15) is 0 Å². The summed E-state index contributed by atoms with van der Waals surface area (Å²) in [5.74, 6) is -93.4. The van der Waals surface area contributed by atoms with Crippen LogP contribution in [0.25, 0.3) is 0 Å². The van der Waals surface area contributed by atoms with Gasteiger partial charge in [0.25, 0.3) is 0 Å². The molecule has 0 aromatic carbocycles. The minimum atomic E-state index is -9.47. The van der Waals surface area contributed by atoms with E-state index in [1.165, 1.54) is 0 Å². The predicted molar refractivity (Wildman–Crippen MR) is 65.8 cm³/mol. The largest absolute Gasteiger partial charge is 0.460 e. The van der Waals surface area contributed by atoms with Gasteiger partial charge < -0.3 is 0 Å². The Morgan fingerprint density at radius 2 is 0.459 bits per heavy atom. The molecule has 0 saturated heterocycles. The van der Waals surface area contributed by atoms with Crippen LogP contribution in [0, 0.1) is 0 Å². The fourth-order valence-electron chi connectivity index (χ4n) is 1.93. The van der Waals surface area contributed by atoms with Gasteiger partial charge >= 0.3 is 65.4 Å². The lowest BCUT2D eigenvalue weighted by atomic mass is 9.85. The summed E-state index contributed by atoms with van der Waals surface area (Å²) in [6, 6.07) is 0. The molecule has 0 amide bonds. The highest BCUT2D eigenvalue weighted by molar-refractivity contribution is 5.21. The minimum absolute atomic E-state index is 1.16. The summed E-state index contributed by atoms with van der Waals surface area (Å²) in [6.07, 6.45) is -8.12. The lowest BCUT2D eigenvalue weighted by molar-refractivity contribution is -0.478. The quantitative estimate of drug-likeness (QED) is 0.217. The van der Waals surface area contributed by atoms with Gasteiger partial charge in [-0.15, -0.1) is 0 Å². The van der Waals surface area contributed by atoms with E-state index < -0.39 is 71.2 Å². The molecule has 0 aromatic rings. The van der Waals surface area contributed by atoms with Crippen LogP contribution < -0.4 is 0 Å². The van der Waals surface area contributed by atoms with Crippen molar-refractivity contribution in [1.29, 1.82) is 0 Å². The van der Waals surface area contributed by atoms with E-state index in [2.05, 4.69) is 0 Å². The monoisotopic (exact) mass is 614 g/mol. The Morgan fingerprint density at radius 1 is 0.297 bits per heavy atom. The van der Waals surface area contributed by atoms with E-state index in [0.717, 1.165) is 6.58 Å². The zero-order valence-electron chi connectivity index (χ0n) is 15.8. The Hall–Kier alpha value is -1.94. The van der Waals surface area contributed by atoms with E-state index in [4.69, 9.17) is 0 Å². The van der Waals surface area contributed by atoms with Crippen molar-refractivity contribution in [2.24, 2.45) is 0 Å². The molecule has 0 aliphatic heterocycles. The first-order valence-electron chi connectivity index (χ1n) is 7.64. The Labute approximate surface area is 184 Å². The topological polar surface area (TPSA) is 0 Å². The Morgan fingerprint density at radius 3 is 0.622 bits per heavy atom. The molecular weight excluding hydrogens is 612 g/mol. The van der Waals surface area contributed by atoms with Crippen molar-refractivity contribution in [3.05, 3.63) is 12.4 Å². The number of halogens is 24. The van der Waals surface area contributed by atoms with Crippen LogP contribution in [-0.2, 0) is 0 Å². The zero-order valence-corrected chi connectivity index (χ0v) is 15.8. The Balaban J connectivity index is 7.25. The lowest BCUT2D eigenvalue weighted by Gasteiger charge is -2.45. The molecule has 37 heavy (non-hydrogen) atoms. The van der Waals surface area contributed by atoms with Gasteiger partial charge in [-0.2, -0.15) is 101 Å². The molecule has 0 radical (unpaired) electrons. The van der Waals surface area contributed by atoms with E-state index >= 15 is 0 Å². The summed E-state index contributed by atoms with van der Waals surface area (Å²) >= 11 is 0. The van der Waals surface area contributed by atoms with Crippen LogP contribution in [0.5, 0.6) is 0 Å². The molecule has 0 aliphatic carbocycles. The second kappa shape index (κ2) is 8.28. The maximum absolute atomic E-state index is 13.4. The highest BCUT2D eigenvalue weighted by Crippen LogP contribution is 2.67. The average Bonchev–Trinajstić information content (AvgIpc) is 2.65. The fraction of sp³-hybridized carbons (Fsp3) is 0.846. The number of hydrogen-bond acceptors (Lipinski definition) is 0. The third-order valence-corrected chi connectivity index (χ3v) is 4.25. The third-order valence-electron chi connectivity index (χ3n) is 4.25. The van der Waals surface area contributed by atoms with Crippen molar-refractivity contribution >= 4 is 0 Å². The summed E-state index contributed by atoms with van der Waals surface area (Å²) in [5.41, 5.74) is 0. The van der Waals surface area contributed by atoms with Crippen molar-refractivity contribution in [3.8, 4) is 0 Å². The SMILES string of the molecule is C=C(F)C(F)(F)C(F)(F)C(F)(F)C(F)(F)C(F)(F)C(F)(F)C(F)(F)C(F)(F)C(F)(F)C(F)(F)C(F)(F)F. The predicted octanol–water partition coefficient (Wildman–Crippen LogP) is 8.38. The van der Waals surface area contributed by atoms with Crippen molar-refractivity contribution in [3.63, 3.8) is 0 Å². The van der Waals surface area contributed by atoms with E-state index in [0.29, 0.717) is 0 Å². The van der Waals surface area contributed by atoms with Crippen molar-refractivity contribution < 1.29 is 105 Å². The van der Waals surface area contributed by atoms with E-state index in [9.17, 15) is 105 Å². The van der Waals surface area contributed by atoms with Crippen molar-refractivity contribution in [2.75, 3.05) is 0 Å². The van der Waals surface area contributed by atoms with Gasteiger partial charge in [-0.25, -0.2) is 4.39 Å². The molecule has 0 fully saturated rings. The molecule has 0 bridgehead atoms. The molecule has 0 atom stereocenters. The molecule has 0 unspecified atom stereocenters. The molecule has 0 rings (SSSR count). The normalized spacial score (nSPS) is 16.8. The van der Waals surface area contributed by atoms with Crippen molar-refractivity contribution in [1.82, 2.24) is 0 Å². The number of hydrogen-bond donors (Lipinski definition) is 0. The summed E-state index contributed by atoms with van der Waals surface area (Å²) in [4.78, 5) is 0. The van der Waals surface area contributed by atoms with Crippen LogP contribution >= 0.6 is 0 Å². The van der Waals surface area contributed by atoms with Gasteiger partial charge in [0.15, 0.2) is 5.83 Å². The van der Waals surface area contributed by atoms with Crippen LogP contribution in [0.15, 0.2) is 12.4 Å². The molecule has 0 aromatic heterocycles. The maximum Gasteiger partial charge on any atom is 0.460 e. The smallest absolute Gasteiger partial charge is 0.206 e. The molecule has 222 valence electrons. The Kier molecular flexibility index (Phi) is 7.84. The van der Waals surface area contributed by atoms with Gasteiger partial charge in [-0.05, 0) is 0 Å². The molecular formula is C13H2F24.